The largest absolute Gasteiger partial charge is 0.481 e. The van der Waals surface area contributed by atoms with Crippen molar-refractivity contribution in [1.29, 1.82) is 0 Å². The third kappa shape index (κ3) is 4.05. The molecule has 1 amide bonds. The topological polar surface area (TPSA) is 69.6 Å². The third-order valence-electron chi connectivity index (χ3n) is 4.55. The van der Waals surface area contributed by atoms with Gasteiger partial charge in [-0.3, -0.25) is 9.59 Å². The van der Waals surface area contributed by atoms with E-state index in [9.17, 15) is 22.8 Å². The number of carboxylic acid groups (broad SMARTS) is 1. The highest BCUT2D eigenvalue weighted by Crippen LogP contribution is 2.38. The van der Waals surface area contributed by atoms with Gasteiger partial charge in [0, 0.05) is 18.8 Å². The molecule has 1 aliphatic heterocycles. The molecule has 8 heteroatoms. The number of anilines is 2. The first-order chi connectivity index (χ1) is 12.8. The van der Waals surface area contributed by atoms with Crippen molar-refractivity contribution < 1.29 is 27.9 Å². The number of halogens is 3. The van der Waals surface area contributed by atoms with Gasteiger partial charge in [-0.1, -0.05) is 30.3 Å². The standard InChI is InChI=1S/C19H17F3N2O3/c20-19(21,22)15-11-24(10-14(15)18(26)27)17(25)13-8-4-5-9-16(13)23-12-6-2-1-3-7-12/h1-9,14-15,23H,10-11H2,(H,26,27)/t14-,15-/m1/s1. The van der Waals surface area contributed by atoms with E-state index in [1.54, 1.807) is 42.5 Å². The Kier molecular flexibility index (Phi) is 5.07. The first-order valence-electron chi connectivity index (χ1n) is 8.27. The number of carbonyl (C=O) groups is 2. The molecule has 3 rings (SSSR count). The molecular formula is C19H17F3N2O3. The van der Waals surface area contributed by atoms with E-state index in [2.05, 4.69) is 5.32 Å². The number of benzene rings is 2. The maximum Gasteiger partial charge on any atom is 0.394 e. The van der Waals surface area contributed by atoms with Crippen LogP contribution in [0.2, 0.25) is 0 Å². The zero-order chi connectivity index (χ0) is 19.6. The van der Waals surface area contributed by atoms with Crippen molar-refractivity contribution in [2.24, 2.45) is 11.8 Å². The van der Waals surface area contributed by atoms with Crippen molar-refractivity contribution >= 4 is 23.3 Å². The van der Waals surface area contributed by atoms with E-state index in [0.717, 1.165) is 10.6 Å². The van der Waals surface area contributed by atoms with Crippen molar-refractivity contribution in [2.75, 3.05) is 18.4 Å². The summed E-state index contributed by atoms with van der Waals surface area (Å²) in [5.74, 6) is -5.92. The molecule has 2 aromatic carbocycles. The first kappa shape index (κ1) is 18.8. The highest BCUT2D eigenvalue weighted by Gasteiger charge is 2.53. The molecule has 0 unspecified atom stereocenters. The second kappa shape index (κ2) is 7.30. The molecule has 0 saturated carbocycles. The fourth-order valence-corrected chi connectivity index (χ4v) is 3.18. The Morgan fingerprint density at radius 1 is 1.00 bits per heavy atom. The van der Waals surface area contributed by atoms with E-state index in [4.69, 9.17) is 5.11 Å². The normalized spacial score (nSPS) is 19.7. The number of nitrogens with zero attached hydrogens (tertiary/aromatic N) is 1. The zero-order valence-electron chi connectivity index (χ0n) is 14.1. The lowest BCUT2D eigenvalue weighted by Crippen LogP contribution is -2.34. The molecule has 0 bridgehead atoms. The first-order valence-corrected chi connectivity index (χ1v) is 8.27. The van der Waals surface area contributed by atoms with Crippen LogP contribution in [0.4, 0.5) is 24.5 Å². The number of carbonyl (C=O) groups excluding carboxylic acids is 1. The monoisotopic (exact) mass is 378 g/mol. The van der Waals surface area contributed by atoms with Crippen LogP contribution in [0, 0.1) is 11.8 Å². The number of nitrogens with one attached hydrogen (secondary N) is 1. The summed E-state index contributed by atoms with van der Waals surface area (Å²) in [5, 5.41) is 12.2. The van der Waals surface area contributed by atoms with Gasteiger partial charge in [-0.15, -0.1) is 0 Å². The Hall–Kier alpha value is -3.03. The molecule has 0 aromatic heterocycles. The Bertz CT molecular complexity index is 840. The summed E-state index contributed by atoms with van der Waals surface area (Å²) in [6.07, 6.45) is -4.68. The van der Waals surface area contributed by atoms with Gasteiger partial charge in [-0.25, -0.2) is 0 Å². The molecule has 2 atom stereocenters. The minimum Gasteiger partial charge on any atom is -0.481 e. The number of hydrogen-bond donors (Lipinski definition) is 2. The average Bonchev–Trinajstić information content (AvgIpc) is 3.09. The fourth-order valence-electron chi connectivity index (χ4n) is 3.18. The predicted molar refractivity (Wildman–Crippen MR) is 92.7 cm³/mol. The second-order valence-electron chi connectivity index (χ2n) is 6.34. The molecule has 1 heterocycles. The number of alkyl halides is 3. The number of likely N-dealkylation sites (tertiary alicyclic amines) is 1. The van der Waals surface area contributed by atoms with Crippen LogP contribution in [0.25, 0.3) is 0 Å². The highest BCUT2D eigenvalue weighted by molar-refractivity contribution is 6.00. The predicted octanol–water partition coefficient (Wildman–Crippen LogP) is 3.77. The quantitative estimate of drug-likeness (QED) is 0.850. The van der Waals surface area contributed by atoms with Gasteiger partial charge in [0.1, 0.15) is 0 Å². The number of carboxylic acids is 1. The van der Waals surface area contributed by atoms with Gasteiger partial charge in [-0.2, -0.15) is 13.2 Å². The van der Waals surface area contributed by atoms with Crippen molar-refractivity contribution in [1.82, 2.24) is 4.90 Å². The number of para-hydroxylation sites is 2. The molecule has 5 nitrogen and oxygen atoms in total. The van der Waals surface area contributed by atoms with Gasteiger partial charge in [0.2, 0.25) is 0 Å². The van der Waals surface area contributed by atoms with Gasteiger partial charge >= 0.3 is 12.1 Å². The Balaban J connectivity index is 1.85. The maximum absolute atomic E-state index is 13.2. The van der Waals surface area contributed by atoms with E-state index in [1.807, 2.05) is 6.07 Å². The molecular weight excluding hydrogens is 361 g/mol. The Morgan fingerprint density at radius 2 is 1.63 bits per heavy atom. The molecule has 2 N–H and O–H groups in total. The summed E-state index contributed by atoms with van der Waals surface area (Å²) in [7, 11) is 0. The minimum absolute atomic E-state index is 0.188. The molecule has 1 fully saturated rings. The van der Waals surface area contributed by atoms with Crippen LogP contribution >= 0.6 is 0 Å². The lowest BCUT2D eigenvalue weighted by atomic mass is 9.96. The van der Waals surface area contributed by atoms with Gasteiger partial charge < -0.3 is 15.3 Å². The van der Waals surface area contributed by atoms with Crippen molar-refractivity contribution in [3.63, 3.8) is 0 Å². The maximum atomic E-state index is 13.2. The van der Waals surface area contributed by atoms with E-state index in [0.29, 0.717) is 5.69 Å². The van der Waals surface area contributed by atoms with Crippen LogP contribution in [0.5, 0.6) is 0 Å². The molecule has 142 valence electrons. The molecule has 27 heavy (non-hydrogen) atoms. The number of aliphatic carboxylic acids is 1. The second-order valence-corrected chi connectivity index (χ2v) is 6.34. The van der Waals surface area contributed by atoms with Crippen LogP contribution in [0.15, 0.2) is 54.6 Å². The lowest BCUT2D eigenvalue weighted by Gasteiger charge is -2.20. The zero-order valence-corrected chi connectivity index (χ0v) is 14.1. The number of amides is 1. The van der Waals surface area contributed by atoms with Crippen LogP contribution in [0.3, 0.4) is 0 Å². The Morgan fingerprint density at radius 3 is 2.22 bits per heavy atom. The van der Waals surface area contributed by atoms with Gasteiger partial charge in [0.05, 0.1) is 23.1 Å². The van der Waals surface area contributed by atoms with Crippen molar-refractivity contribution in [3.05, 3.63) is 60.2 Å². The molecule has 0 spiro atoms. The summed E-state index contributed by atoms with van der Waals surface area (Å²) in [4.78, 5) is 25.0. The summed E-state index contributed by atoms with van der Waals surface area (Å²) in [6, 6.07) is 15.5. The molecule has 0 aliphatic carbocycles. The molecule has 1 saturated heterocycles. The highest BCUT2D eigenvalue weighted by atomic mass is 19.4. The summed E-state index contributed by atoms with van der Waals surface area (Å²) < 4.78 is 39.5. The summed E-state index contributed by atoms with van der Waals surface area (Å²) in [6.45, 7) is -1.14. The Labute approximate surface area is 153 Å². The van der Waals surface area contributed by atoms with E-state index >= 15 is 0 Å². The SMILES string of the molecule is O=C(O)[C@@H]1CN(C(=O)c2ccccc2Nc2ccccc2)C[C@H]1C(F)(F)F. The van der Waals surface area contributed by atoms with Crippen LogP contribution < -0.4 is 5.32 Å². The van der Waals surface area contributed by atoms with E-state index in [-0.39, 0.29) is 5.56 Å². The van der Waals surface area contributed by atoms with E-state index in [1.165, 1.54) is 6.07 Å². The lowest BCUT2D eigenvalue weighted by molar-refractivity contribution is -0.187. The average molecular weight is 378 g/mol. The van der Waals surface area contributed by atoms with E-state index < -0.39 is 43.0 Å². The van der Waals surface area contributed by atoms with Gasteiger partial charge in [0.25, 0.3) is 5.91 Å². The smallest absolute Gasteiger partial charge is 0.394 e. The fraction of sp³-hybridized carbons (Fsp3) is 0.263. The van der Waals surface area contributed by atoms with Crippen molar-refractivity contribution in [3.8, 4) is 0 Å². The summed E-state index contributed by atoms with van der Waals surface area (Å²) >= 11 is 0. The molecule has 1 aliphatic rings. The third-order valence-corrected chi connectivity index (χ3v) is 4.55. The van der Waals surface area contributed by atoms with Crippen LogP contribution in [-0.2, 0) is 4.79 Å². The molecule has 0 radical (unpaired) electrons. The van der Waals surface area contributed by atoms with Gasteiger partial charge in [0.15, 0.2) is 0 Å². The molecule has 2 aromatic rings. The van der Waals surface area contributed by atoms with Crippen molar-refractivity contribution in [2.45, 2.75) is 6.18 Å². The minimum atomic E-state index is -4.68. The van der Waals surface area contributed by atoms with Gasteiger partial charge in [-0.05, 0) is 24.3 Å². The van der Waals surface area contributed by atoms with Crippen LogP contribution in [0.1, 0.15) is 10.4 Å². The summed E-state index contributed by atoms with van der Waals surface area (Å²) in [5.41, 5.74) is 1.35. The van der Waals surface area contributed by atoms with Crippen LogP contribution in [-0.4, -0.2) is 41.1 Å². The number of hydrogen-bond acceptors (Lipinski definition) is 3. The number of rotatable bonds is 4.